The van der Waals surface area contributed by atoms with E-state index in [1.165, 1.54) is 18.4 Å². The van der Waals surface area contributed by atoms with Crippen molar-refractivity contribution in [1.29, 1.82) is 0 Å². The molecule has 3 heteroatoms. The van der Waals surface area contributed by atoms with Crippen molar-refractivity contribution in [2.45, 2.75) is 38.2 Å². The molecule has 16 heavy (non-hydrogen) atoms. The van der Waals surface area contributed by atoms with Crippen LogP contribution in [0.2, 0.25) is 5.02 Å². The molecule has 88 valence electrons. The molecule has 0 heterocycles. The van der Waals surface area contributed by atoms with Gasteiger partial charge < -0.3 is 5.11 Å². The number of rotatable bonds is 5. The van der Waals surface area contributed by atoms with E-state index < -0.39 is 0 Å². The maximum atomic E-state index is 9.74. The summed E-state index contributed by atoms with van der Waals surface area (Å²) in [5, 5.41) is 10.6. The van der Waals surface area contributed by atoms with Crippen LogP contribution in [0.3, 0.4) is 0 Å². The predicted octanol–water partition coefficient (Wildman–Crippen LogP) is 4.20. The highest BCUT2D eigenvalue weighted by molar-refractivity contribution is 9.10. The van der Waals surface area contributed by atoms with Crippen LogP contribution >= 0.6 is 27.5 Å². The fraction of sp³-hybridized carbons (Fsp3) is 0.538. The average molecular weight is 304 g/mol. The number of benzene rings is 1. The fourth-order valence-electron chi connectivity index (χ4n) is 1.94. The van der Waals surface area contributed by atoms with Crippen LogP contribution in [0, 0.1) is 5.92 Å². The van der Waals surface area contributed by atoms with Crippen molar-refractivity contribution in [3.05, 3.63) is 33.3 Å². The van der Waals surface area contributed by atoms with Gasteiger partial charge in [-0.25, -0.2) is 0 Å². The fourth-order valence-corrected chi connectivity index (χ4v) is 2.71. The van der Waals surface area contributed by atoms with Crippen molar-refractivity contribution >= 4 is 27.5 Å². The molecule has 1 aliphatic rings. The van der Waals surface area contributed by atoms with E-state index in [2.05, 4.69) is 22.0 Å². The largest absolute Gasteiger partial charge is 0.393 e. The van der Waals surface area contributed by atoms with E-state index in [-0.39, 0.29) is 6.10 Å². The van der Waals surface area contributed by atoms with E-state index in [1.807, 2.05) is 12.1 Å². The number of aliphatic hydroxyl groups excluding tert-OH is 1. The Morgan fingerprint density at radius 2 is 2.19 bits per heavy atom. The van der Waals surface area contributed by atoms with E-state index in [0.29, 0.717) is 5.92 Å². The molecule has 1 aromatic carbocycles. The van der Waals surface area contributed by atoms with E-state index in [9.17, 15) is 5.11 Å². The molecule has 2 rings (SSSR count). The minimum atomic E-state index is -0.0887. The Morgan fingerprint density at radius 3 is 2.81 bits per heavy atom. The first-order valence-electron chi connectivity index (χ1n) is 5.79. The Bertz CT molecular complexity index is 363. The van der Waals surface area contributed by atoms with Crippen molar-refractivity contribution in [1.82, 2.24) is 0 Å². The SMILES string of the molecule is OC(CCCc1ccc(Br)cc1Cl)C1CC1. The first-order chi connectivity index (χ1) is 7.66. The number of hydrogen-bond acceptors (Lipinski definition) is 1. The molecule has 1 saturated carbocycles. The van der Waals surface area contributed by atoms with Gasteiger partial charge in [-0.05, 0) is 55.7 Å². The van der Waals surface area contributed by atoms with Crippen LogP contribution in [-0.2, 0) is 6.42 Å². The lowest BCUT2D eigenvalue weighted by molar-refractivity contribution is 0.139. The van der Waals surface area contributed by atoms with E-state index in [0.717, 1.165) is 28.8 Å². The zero-order valence-electron chi connectivity index (χ0n) is 9.13. The summed E-state index contributed by atoms with van der Waals surface area (Å²) in [6, 6.07) is 5.99. The molecule has 0 aliphatic heterocycles. The summed E-state index contributed by atoms with van der Waals surface area (Å²) in [6.45, 7) is 0. The Hall–Kier alpha value is -0.0500. The Morgan fingerprint density at radius 1 is 1.44 bits per heavy atom. The minimum Gasteiger partial charge on any atom is -0.393 e. The Kier molecular flexibility index (Phi) is 4.28. The molecule has 1 unspecified atom stereocenters. The smallest absolute Gasteiger partial charge is 0.0568 e. The van der Waals surface area contributed by atoms with Crippen molar-refractivity contribution in [3.63, 3.8) is 0 Å². The van der Waals surface area contributed by atoms with Crippen LogP contribution in [0.15, 0.2) is 22.7 Å². The van der Waals surface area contributed by atoms with Crippen LogP contribution in [-0.4, -0.2) is 11.2 Å². The summed E-state index contributed by atoms with van der Waals surface area (Å²) in [5.41, 5.74) is 1.17. The van der Waals surface area contributed by atoms with Crippen LogP contribution in [0.5, 0.6) is 0 Å². The third-order valence-corrected chi connectivity index (χ3v) is 3.97. The van der Waals surface area contributed by atoms with E-state index in [1.54, 1.807) is 0 Å². The zero-order valence-corrected chi connectivity index (χ0v) is 11.5. The molecule has 0 saturated heterocycles. The number of halogens is 2. The second-order valence-corrected chi connectivity index (χ2v) is 5.86. The van der Waals surface area contributed by atoms with E-state index >= 15 is 0 Å². The quantitative estimate of drug-likeness (QED) is 0.864. The van der Waals surface area contributed by atoms with Crippen molar-refractivity contribution in [2.24, 2.45) is 5.92 Å². The van der Waals surface area contributed by atoms with E-state index in [4.69, 9.17) is 11.6 Å². The molecule has 1 fully saturated rings. The first kappa shape index (κ1) is 12.4. The monoisotopic (exact) mass is 302 g/mol. The molecular formula is C13H16BrClO. The van der Waals surface area contributed by atoms with Crippen molar-refractivity contribution < 1.29 is 5.11 Å². The molecular weight excluding hydrogens is 287 g/mol. The summed E-state index contributed by atoms with van der Waals surface area (Å²) in [4.78, 5) is 0. The molecule has 1 nitrogen and oxygen atoms in total. The van der Waals surface area contributed by atoms with Gasteiger partial charge in [0.15, 0.2) is 0 Å². The Labute approximate surface area is 110 Å². The standard InChI is InChI=1S/C13H16BrClO/c14-11-7-6-9(12(15)8-11)2-1-3-13(16)10-4-5-10/h6-8,10,13,16H,1-5H2. The lowest BCUT2D eigenvalue weighted by atomic mass is 10.0. The van der Waals surface area contributed by atoms with Gasteiger partial charge in [0.25, 0.3) is 0 Å². The summed E-state index contributed by atoms with van der Waals surface area (Å²) in [6.07, 6.45) is 5.20. The third kappa shape index (κ3) is 3.47. The van der Waals surface area contributed by atoms with Crippen LogP contribution in [0.1, 0.15) is 31.2 Å². The van der Waals surface area contributed by atoms with Crippen molar-refractivity contribution in [3.8, 4) is 0 Å². The van der Waals surface area contributed by atoms with Crippen LogP contribution in [0.4, 0.5) is 0 Å². The summed E-state index contributed by atoms with van der Waals surface area (Å²) in [7, 11) is 0. The third-order valence-electron chi connectivity index (χ3n) is 3.13. The van der Waals surface area contributed by atoms with Gasteiger partial charge in [-0.2, -0.15) is 0 Å². The van der Waals surface area contributed by atoms with Crippen LogP contribution in [0.25, 0.3) is 0 Å². The molecule has 1 atom stereocenters. The highest BCUT2D eigenvalue weighted by Gasteiger charge is 2.28. The zero-order chi connectivity index (χ0) is 11.5. The van der Waals surface area contributed by atoms with Gasteiger partial charge in [-0.3, -0.25) is 0 Å². The van der Waals surface area contributed by atoms with Gasteiger partial charge >= 0.3 is 0 Å². The summed E-state index contributed by atoms with van der Waals surface area (Å²) >= 11 is 9.52. The number of aliphatic hydroxyl groups is 1. The minimum absolute atomic E-state index is 0.0887. The summed E-state index contributed by atoms with van der Waals surface area (Å²) in [5.74, 6) is 0.584. The van der Waals surface area contributed by atoms with Gasteiger partial charge in [-0.15, -0.1) is 0 Å². The average Bonchev–Trinajstić information content (AvgIpc) is 3.04. The summed E-state index contributed by atoms with van der Waals surface area (Å²) < 4.78 is 1.01. The Balaban J connectivity index is 1.80. The molecule has 0 radical (unpaired) electrons. The highest BCUT2D eigenvalue weighted by atomic mass is 79.9. The number of aryl methyl sites for hydroxylation is 1. The van der Waals surface area contributed by atoms with Gasteiger partial charge in [-0.1, -0.05) is 33.6 Å². The normalized spacial score (nSPS) is 17.4. The first-order valence-corrected chi connectivity index (χ1v) is 6.96. The highest BCUT2D eigenvalue weighted by Crippen LogP contribution is 2.34. The topological polar surface area (TPSA) is 20.2 Å². The molecule has 1 aliphatic carbocycles. The maximum Gasteiger partial charge on any atom is 0.0568 e. The molecule has 0 bridgehead atoms. The second-order valence-electron chi connectivity index (χ2n) is 4.53. The lowest BCUT2D eigenvalue weighted by Crippen LogP contribution is -2.09. The number of hydrogen-bond donors (Lipinski definition) is 1. The molecule has 0 spiro atoms. The van der Waals surface area contributed by atoms with Crippen LogP contribution < -0.4 is 0 Å². The lowest BCUT2D eigenvalue weighted by Gasteiger charge is -2.09. The van der Waals surface area contributed by atoms with Gasteiger partial charge in [0.05, 0.1) is 6.10 Å². The van der Waals surface area contributed by atoms with Gasteiger partial charge in [0.2, 0.25) is 0 Å². The molecule has 0 amide bonds. The second kappa shape index (κ2) is 5.52. The maximum absolute atomic E-state index is 9.74. The molecule has 1 aromatic rings. The van der Waals surface area contributed by atoms with Gasteiger partial charge in [0, 0.05) is 9.50 Å². The van der Waals surface area contributed by atoms with Gasteiger partial charge in [0.1, 0.15) is 0 Å². The predicted molar refractivity (Wildman–Crippen MR) is 70.8 cm³/mol. The van der Waals surface area contributed by atoms with Crippen molar-refractivity contribution in [2.75, 3.05) is 0 Å². The molecule has 1 N–H and O–H groups in total. The molecule has 0 aromatic heterocycles.